The van der Waals surface area contributed by atoms with Crippen LogP contribution in [0, 0.1) is 28.6 Å². The summed E-state index contributed by atoms with van der Waals surface area (Å²) in [6.45, 7) is 3.74. The molecule has 5 rings (SSSR count). The molecule has 3 N–H and O–H groups in total. The van der Waals surface area contributed by atoms with E-state index in [1.165, 1.54) is 5.57 Å². The average molecular weight is 594 g/mol. The molecule has 0 bridgehead atoms. The predicted octanol–water partition coefficient (Wildman–Crippen LogP) is 3.95. The molecule has 3 fully saturated rings. The number of allylic oxidation sites excluding steroid dienone is 1. The van der Waals surface area contributed by atoms with Gasteiger partial charge in [-0.25, -0.2) is 4.79 Å². The number of fused-ring (bicyclic) bond motifs is 5. The van der Waals surface area contributed by atoms with Crippen LogP contribution in [0.2, 0.25) is 0 Å². The highest BCUT2D eigenvalue weighted by Gasteiger charge is 2.66. The van der Waals surface area contributed by atoms with Crippen molar-refractivity contribution in [2.24, 2.45) is 28.6 Å². The molecule has 3 saturated carbocycles. The standard InChI is InChI=1S/C34H43NO8/c1-32-15-12-23(36)19-22(32)8-9-24-25(32)13-16-33(2)26(24)14-17-34(33,42)28(37)20-43-30(39)11-10-29(38)35-27(31(40)41)18-21-6-4-3-5-7-21/h3-7,19,24-27,42H,8-18,20H2,1-2H3,(H,35,38)(H,40,41)/t24-,25+,26+,27-,32+,33+,34+/m1/s1. The van der Waals surface area contributed by atoms with Gasteiger partial charge in [-0.2, -0.15) is 0 Å². The Morgan fingerprint density at radius 1 is 0.977 bits per heavy atom. The molecule has 1 aromatic carbocycles. The van der Waals surface area contributed by atoms with Crippen LogP contribution < -0.4 is 5.32 Å². The number of benzene rings is 1. The van der Waals surface area contributed by atoms with E-state index in [1.54, 1.807) is 24.3 Å². The molecule has 43 heavy (non-hydrogen) atoms. The molecule has 9 heteroatoms. The van der Waals surface area contributed by atoms with Crippen LogP contribution in [0.4, 0.5) is 0 Å². The van der Waals surface area contributed by atoms with Gasteiger partial charge in [0, 0.05) is 24.7 Å². The van der Waals surface area contributed by atoms with Crippen LogP contribution in [0.1, 0.15) is 83.6 Å². The van der Waals surface area contributed by atoms with Crippen molar-refractivity contribution in [1.29, 1.82) is 0 Å². The number of esters is 1. The molecular formula is C34H43NO8. The number of carboxylic acids is 1. The minimum atomic E-state index is -1.59. The predicted molar refractivity (Wildman–Crippen MR) is 157 cm³/mol. The third-order valence-electron chi connectivity index (χ3n) is 11.4. The number of aliphatic hydroxyl groups is 1. The van der Waals surface area contributed by atoms with E-state index in [2.05, 4.69) is 12.2 Å². The fourth-order valence-electron chi connectivity index (χ4n) is 8.90. The van der Waals surface area contributed by atoms with Gasteiger partial charge in [-0.05, 0) is 79.8 Å². The van der Waals surface area contributed by atoms with Gasteiger partial charge in [0.25, 0.3) is 0 Å². The molecule has 0 radical (unpaired) electrons. The molecule has 0 saturated heterocycles. The summed E-state index contributed by atoms with van der Waals surface area (Å²) in [5.41, 5.74) is -0.187. The summed E-state index contributed by atoms with van der Waals surface area (Å²) >= 11 is 0. The summed E-state index contributed by atoms with van der Waals surface area (Å²) < 4.78 is 5.22. The normalized spacial score (nSPS) is 33.7. The fourth-order valence-corrected chi connectivity index (χ4v) is 8.90. The average Bonchev–Trinajstić information content (AvgIpc) is 3.26. The molecule has 0 aliphatic heterocycles. The molecule has 0 aromatic heterocycles. The lowest BCUT2D eigenvalue weighted by molar-refractivity contribution is -0.170. The summed E-state index contributed by atoms with van der Waals surface area (Å²) in [6.07, 6.45) is 7.30. The summed E-state index contributed by atoms with van der Waals surface area (Å²) in [4.78, 5) is 62.0. The Kier molecular flexibility index (Phi) is 8.67. The van der Waals surface area contributed by atoms with E-state index in [-0.39, 0.29) is 36.4 Å². The largest absolute Gasteiger partial charge is 0.480 e. The highest BCUT2D eigenvalue weighted by atomic mass is 16.5. The molecular weight excluding hydrogens is 550 g/mol. The maximum absolute atomic E-state index is 13.4. The minimum absolute atomic E-state index is 0.00325. The second-order valence-electron chi connectivity index (χ2n) is 13.6. The van der Waals surface area contributed by atoms with E-state index in [9.17, 15) is 34.2 Å². The SMILES string of the molecule is C[C@]12CCC(=O)C=C1CC[C@@H]1[C@@H]2CC[C@@]2(C)[C@H]1CC[C@]2(O)C(=O)COC(=O)CCC(=O)N[C@H](Cc1ccccc1)C(=O)O. The first-order valence-corrected chi connectivity index (χ1v) is 15.6. The highest BCUT2D eigenvalue weighted by molar-refractivity contribution is 5.92. The van der Waals surface area contributed by atoms with Gasteiger partial charge in [-0.1, -0.05) is 49.8 Å². The number of carbonyl (C=O) groups excluding carboxylic acids is 4. The number of ether oxygens (including phenoxy) is 1. The number of hydrogen-bond donors (Lipinski definition) is 3. The third kappa shape index (κ3) is 5.80. The lowest BCUT2D eigenvalue weighted by Gasteiger charge is -2.58. The van der Waals surface area contributed by atoms with E-state index >= 15 is 0 Å². The summed E-state index contributed by atoms with van der Waals surface area (Å²) in [6, 6.07) is 7.78. The molecule has 4 aliphatic rings. The maximum Gasteiger partial charge on any atom is 0.326 e. The lowest BCUT2D eigenvalue weighted by atomic mass is 9.46. The van der Waals surface area contributed by atoms with Gasteiger partial charge in [-0.3, -0.25) is 19.2 Å². The van der Waals surface area contributed by atoms with Gasteiger partial charge in [0.15, 0.2) is 12.4 Å². The quantitative estimate of drug-likeness (QED) is 0.346. The van der Waals surface area contributed by atoms with Crippen LogP contribution >= 0.6 is 0 Å². The maximum atomic E-state index is 13.4. The monoisotopic (exact) mass is 593 g/mol. The number of ketones is 2. The van der Waals surface area contributed by atoms with Crippen LogP contribution in [0.25, 0.3) is 0 Å². The first-order chi connectivity index (χ1) is 20.4. The van der Waals surface area contributed by atoms with E-state index in [4.69, 9.17) is 4.74 Å². The van der Waals surface area contributed by atoms with Crippen LogP contribution in [-0.2, 0) is 35.1 Å². The number of nitrogens with one attached hydrogen (secondary N) is 1. The second kappa shape index (κ2) is 12.0. The minimum Gasteiger partial charge on any atom is -0.480 e. The molecule has 1 amide bonds. The van der Waals surface area contributed by atoms with Crippen molar-refractivity contribution >= 4 is 29.4 Å². The van der Waals surface area contributed by atoms with E-state index in [0.29, 0.717) is 31.1 Å². The van der Waals surface area contributed by atoms with Gasteiger partial charge in [0.2, 0.25) is 11.7 Å². The highest BCUT2D eigenvalue weighted by Crippen LogP contribution is 2.67. The topological polar surface area (TPSA) is 147 Å². The lowest BCUT2D eigenvalue weighted by Crippen LogP contribution is -2.58. The van der Waals surface area contributed by atoms with Crippen molar-refractivity contribution in [3.05, 3.63) is 47.5 Å². The van der Waals surface area contributed by atoms with E-state index < -0.39 is 47.3 Å². The number of aliphatic carboxylic acids is 1. The number of Topliss-reactive ketones (excluding diaryl/α,β-unsaturated/α-hetero) is 1. The Bertz CT molecular complexity index is 1320. The van der Waals surface area contributed by atoms with Crippen molar-refractivity contribution in [2.45, 2.75) is 96.1 Å². The second-order valence-corrected chi connectivity index (χ2v) is 13.6. The number of hydrogen-bond acceptors (Lipinski definition) is 7. The van der Waals surface area contributed by atoms with E-state index in [0.717, 1.165) is 37.7 Å². The molecule has 9 nitrogen and oxygen atoms in total. The first kappa shape index (κ1) is 31.1. The Morgan fingerprint density at radius 2 is 1.70 bits per heavy atom. The third-order valence-corrected chi connectivity index (χ3v) is 11.4. The molecule has 4 aliphatic carbocycles. The number of carbonyl (C=O) groups is 5. The van der Waals surface area contributed by atoms with Gasteiger partial charge >= 0.3 is 11.9 Å². The van der Waals surface area contributed by atoms with Gasteiger partial charge in [-0.15, -0.1) is 0 Å². The van der Waals surface area contributed by atoms with Crippen molar-refractivity contribution in [2.75, 3.05) is 6.61 Å². The summed E-state index contributed by atoms with van der Waals surface area (Å²) in [7, 11) is 0. The zero-order chi connectivity index (χ0) is 31.0. The van der Waals surface area contributed by atoms with Crippen molar-refractivity contribution in [3.63, 3.8) is 0 Å². The van der Waals surface area contributed by atoms with Gasteiger partial charge < -0.3 is 20.3 Å². The molecule has 0 unspecified atom stereocenters. The van der Waals surface area contributed by atoms with Crippen molar-refractivity contribution < 1.29 is 38.9 Å². The molecule has 232 valence electrons. The van der Waals surface area contributed by atoms with Crippen LogP contribution in [0.5, 0.6) is 0 Å². The Hall–Kier alpha value is -3.33. The zero-order valence-corrected chi connectivity index (χ0v) is 25.1. The first-order valence-electron chi connectivity index (χ1n) is 15.6. The van der Waals surface area contributed by atoms with Gasteiger partial charge in [0.05, 0.1) is 6.42 Å². The van der Waals surface area contributed by atoms with Crippen LogP contribution in [0.3, 0.4) is 0 Å². The molecule has 7 atom stereocenters. The van der Waals surface area contributed by atoms with Crippen molar-refractivity contribution in [3.8, 4) is 0 Å². The van der Waals surface area contributed by atoms with E-state index in [1.807, 2.05) is 19.1 Å². The number of carboxylic acid groups (broad SMARTS) is 1. The smallest absolute Gasteiger partial charge is 0.326 e. The summed E-state index contributed by atoms with van der Waals surface area (Å²) in [5.74, 6) is -1.85. The van der Waals surface area contributed by atoms with Gasteiger partial charge in [0.1, 0.15) is 11.6 Å². The number of rotatable bonds is 10. The Labute approximate surface area is 252 Å². The van der Waals surface area contributed by atoms with Crippen LogP contribution in [0.15, 0.2) is 42.0 Å². The molecule has 1 aromatic rings. The number of amides is 1. The fraction of sp³-hybridized carbons (Fsp3) is 0.618. The molecule has 0 spiro atoms. The van der Waals surface area contributed by atoms with Crippen LogP contribution in [-0.4, -0.2) is 57.9 Å². The Balaban J connectivity index is 1.14. The Morgan fingerprint density at radius 3 is 2.42 bits per heavy atom. The molecule has 0 heterocycles. The summed E-state index contributed by atoms with van der Waals surface area (Å²) in [5, 5.41) is 23.8. The zero-order valence-electron chi connectivity index (χ0n) is 25.1. The van der Waals surface area contributed by atoms with Crippen molar-refractivity contribution in [1.82, 2.24) is 5.32 Å².